The maximum Gasteiger partial charge on any atom is 0.341 e. The predicted octanol–water partition coefficient (Wildman–Crippen LogP) is 3.58. The van der Waals surface area contributed by atoms with Crippen molar-refractivity contribution < 1.29 is 28.9 Å². The number of rotatable bonds is 8. The van der Waals surface area contributed by atoms with E-state index in [1.165, 1.54) is 23.8 Å². The summed E-state index contributed by atoms with van der Waals surface area (Å²) in [7, 11) is 1.53. The molecule has 1 aliphatic heterocycles. The monoisotopic (exact) mass is 576 g/mol. The van der Waals surface area contributed by atoms with E-state index in [4.69, 9.17) is 42.5 Å². The first-order valence-corrected chi connectivity index (χ1v) is 12.9. The number of fused-ring (bicyclic) bond motifs is 1. The van der Waals surface area contributed by atoms with Crippen molar-refractivity contribution in [2.45, 2.75) is 19.9 Å². The maximum absolute atomic E-state index is 13.7. The molecule has 38 heavy (non-hydrogen) atoms. The summed E-state index contributed by atoms with van der Waals surface area (Å²) in [6.07, 6.45) is 1.59. The Morgan fingerprint density at radius 1 is 1.21 bits per heavy atom. The molecule has 0 radical (unpaired) electrons. The number of benzene rings is 2. The topological polar surface area (TPSA) is 116 Å². The van der Waals surface area contributed by atoms with Gasteiger partial charge in [0, 0.05) is 0 Å². The van der Waals surface area contributed by atoms with Gasteiger partial charge in [0.25, 0.3) is 5.56 Å². The molecule has 4 rings (SSSR count). The Labute approximate surface area is 230 Å². The third kappa shape index (κ3) is 5.47. The third-order valence-electron chi connectivity index (χ3n) is 5.58. The summed E-state index contributed by atoms with van der Waals surface area (Å²) >= 11 is 13.7. The van der Waals surface area contributed by atoms with E-state index < -0.39 is 24.6 Å². The Morgan fingerprint density at radius 3 is 2.55 bits per heavy atom. The van der Waals surface area contributed by atoms with Crippen molar-refractivity contribution in [1.82, 2.24) is 4.57 Å². The zero-order chi connectivity index (χ0) is 27.6. The van der Waals surface area contributed by atoms with Gasteiger partial charge < -0.3 is 19.3 Å². The molecule has 9 nitrogen and oxygen atoms in total. The lowest BCUT2D eigenvalue weighted by molar-refractivity contribution is -0.140. The summed E-state index contributed by atoms with van der Waals surface area (Å²) < 4.78 is 17.6. The van der Waals surface area contributed by atoms with Crippen LogP contribution in [0.2, 0.25) is 10.0 Å². The molecule has 0 saturated carbocycles. The molecule has 12 heteroatoms. The number of esters is 1. The van der Waals surface area contributed by atoms with Gasteiger partial charge in [-0.1, -0.05) is 46.7 Å². The molecule has 0 fully saturated rings. The smallest absolute Gasteiger partial charge is 0.341 e. The number of hydrogen-bond donors (Lipinski definition) is 1. The van der Waals surface area contributed by atoms with Crippen LogP contribution in [0.15, 0.2) is 57.5 Å². The van der Waals surface area contributed by atoms with Crippen molar-refractivity contribution in [1.29, 1.82) is 0 Å². The predicted molar refractivity (Wildman–Crippen MR) is 143 cm³/mol. The molecule has 1 N–H and O–H groups in total. The lowest BCUT2D eigenvalue weighted by Crippen LogP contribution is -2.39. The fraction of sp³-hybridized carbons (Fsp3) is 0.231. The second kappa shape index (κ2) is 11.4. The van der Waals surface area contributed by atoms with Crippen molar-refractivity contribution in [3.05, 3.63) is 88.5 Å². The number of carboxylic acids is 1. The number of carbonyl (C=O) groups is 2. The molecular formula is C26H22Cl2N2O7S. The minimum absolute atomic E-state index is 0.0297. The molecule has 198 valence electrons. The van der Waals surface area contributed by atoms with Gasteiger partial charge in [0.05, 0.1) is 45.6 Å². The summed E-state index contributed by atoms with van der Waals surface area (Å²) in [5.74, 6) is -1.14. The summed E-state index contributed by atoms with van der Waals surface area (Å²) in [6.45, 7) is 2.96. The zero-order valence-electron chi connectivity index (χ0n) is 20.5. The third-order valence-corrected chi connectivity index (χ3v) is 7.13. The largest absolute Gasteiger partial charge is 0.497 e. The highest BCUT2D eigenvalue weighted by atomic mass is 35.5. The fourth-order valence-electron chi connectivity index (χ4n) is 4.00. The van der Waals surface area contributed by atoms with Crippen LogP contribution in [-0.4, -0.2) is 41.9 Å². The van der Waals surface area contributed by atoms with Gasteiger partial charge in [-0.05, 0) is 55.3 Å². The van der Waals surface area contributed by atoms with Crippen LogP contribution in [0.25, 0.3) is 6.08 Å². The normalized spacial score (nSPS) is 15.1. The van der Waals surface area contributed by atoms with Gasteiger partial charge in [-0.2, -0.15) is 0 Å². The van der Waals surface area contributed by atoms with Crippen molar-refractivity contribution in [2.75, 3.05) is 20.3 Å². The Bertz CT molecular complexity index is 1620. The highest BCUT2D eigenvalue weighted by Gasteiger charge is 2.33. The fourth-order valence-corrected chi connectivity index (χ4v) is 5.66. The molecule has 0 bridgehead atoms. The number of allylic oxidation sites excluding steroid dienone is 1. The van der Waals surface area contributed by atoms with E-state index in [1.807, 2.05) is 0 Å². The standard InChI is InChI=1S/C26H22Cl2N2O7S/c1-4-36-25(34)21-13(2)29-26-30(22(21)15-6-5-7-16(11-15)35-3)24(33)19(38-26)10-14-8-17(27)23(18(28)9-14)37-12-20(31)32/h5-11,22H,4,12H2,1-3H3,(H,31,32)/b19-10-/t22-/m1/s1. The number of aromatic nitrogens is 1. The maximum atomic E-state index is 13.7. The lowest BCUT2D eigenvalue weighted by Gasteiger charge is -2.25. The molecule has 0 saturated heterocycles. The van der Waals surface area contributed by atoms with Crippen LogP contribution in [0.5, 0.6) is 11.5 Å². The molecule has 1 aliphatic rings. The van der Waals surface area contributed by atoms with E-state index >= 15 is 0 Å². The van der Waals surface area contributed by atoms with E-state index in [-0.39, 0.29) is 33.5 Å². The summed E-state index contributed by atoms with van der Waals surface area (Å²) in [5, 5.41) is 9.03. The Hall–Kier alpha value is -3.60. The van der Waals surface area contributed by atoms with Gasteiger partial charge in [-0.15, -0.1) is 0 Å². The van der Waals surface area contributed by atoms with E-state index in [0.29, 0.717) is 31.9 Å². The van der Waals surface area contributed by atoms with Crippen molar-refractivity contribution in [3.63, 3.8) is 0 Å². The molecule has 3 aromatic rings. The van der Waals surface area contributed by atoms with Crippen LogP contribution < -0.4 is 24.4 Å². The first kappa shape index (κ1) is 27.4. The molecule has 2 aromatic carbocycles. The van der Waals surface area contributed by atoms with E-state index in [2.05, 4.69) is 4.99 Å². The zero-order valence-corrected chi connectivity index (χ0v) is 22.8. The molecule has 0 spiro atoms. The first-order chi connectivity index (χ1) is 18.1. The Kier molecular flexibility index (Phi) is 8.25. The number of ether oxygens (including phenoxy) is 3. The van der Waals surface area contributed by atoms with E-state index in [9.17, 15) is 14.4 Å². The highest BCUT2D eigenvalue weighted by molar-refractivity contribution is 7.07. The number of aliphatic carboxylic acids is 1. The minimum atomic E-state index is -1.18. The Balaban J connectivity index is 1.88. The highest BCUT2D eigenvalue weighted by Crippen LogP contribution is 2.35. The number of halogens is 2. The number of methoxy groups -OCH3 is 1. The average molecular weight is 577 g/mol. The van der Waals surface area contributed by atoms with E-state index in [0.717, 1.165) is 11.3 Å². The number of thiazole rings is 1. The second-order valence-electron chi connectivity index (χ2n) is 8.07. The summed E-state index contributed by atoms with van der Waals surface area (Å²) in [5.41, 5.74) is 1.46. The minimum Gasteiger partial charge on any atom is -0.497 e. The quantitative estimate of drug-likeness (QED) is 0.407. The molecular weight excluding hydrogens is 555 g/mol. The number of hydrogen-bond acceptors (Lipinski definition) is 8. The van der Waals surface area contributed by atoms with Crippen molar-refractivity contribution in [3.8, 4) is 11.5 Å². The molecule has 2 heterocycles. The Morgan fingerprint density at radius 2 is 1.92 bits per heavy atom. The van der Waals surface area contributed by atoms with E-state index in [1.54, 1.807) is 44.2 Å². The molecule has 0 unspecified atom stereocenters. The summed E-state index contributed by atoms with van der Waals surface area (Å²) in [6, 6.07) is 9.34. The van der Waals surface area contributed by atoms with Gasteiger partial charge in [0.1, 0.15) is 5.75 Å². The summed E-state index contributed by atoms with van der Waals surface area (Å²) in [4.78, 5) is 42.5. The second-order valence-corrected chi connectivity index (χ2v) is 9.90. The molecule has 0 aliphatic carbocycles. The van der Waals surface area contributed by atoms with Gasteiger partial charge in [0.2, 0.25) is 0 Å². The van der Waals surface area contributed by atoms with Gasteiger partial charge in [-0.25, -0.2) is 14.6 Å². The van der Waals surface area contributed by atoms with Crippen LogP contribution in [0, 0.1) is 0 Å². The van der Waals surface area contributed by atoms with Crippen LogP contribution in [0.1, 0.15) is 31.0 Å². The number of carboxylic acid groups (broad SMARTS) is 1. The first-order valence-electron chi connectivity index (χ1n) is 11.3. The van der Waals surface area contributed by atoms with Crippen molar-refractivity contribution >= 4 is 52.6 Å². The molecule has 1 atom stereocenters. The van der Waals surface area contributed by atoms with Crippen LogP contribution in [0.3, 0.4) is 0 Å². The average Bonchev–Trinajstić information content (AvgIpc) is 3.16. The number of carbonyl (C=O) groups excluding carboxylic acids is 1. The van der Waals surface area contributed by atoms with Gasteiger partial charge >= 0.3 is 11.9 Å². The van der Waals surface area contributed by atoms with Gasteiger partial charge in [-0.3, -0.25) is 9.36 Å². The molecule has 1 aromatic heterocycles. The van der Waals surface area contributed by atoms with Crippen LogP contribution in [0.4, 0.5) is 0 Å². The molecule has 0 amide bonds. The lowest BCUT2D eigenvalue weighted by atomic mass is 9.95. The van der Waals surface area contributed by atoms with Crippen LogP contribution in [-0.2, 0) is 14.3 Å². The van der Waals surface area contributed by atoms with Gasteiger partial charge in [0.15, 0.2) is 17.2 Å². The SMILES string of the molecule is CCOC(=O)C1=C(C)N=c2s/c(=C\c3cc(Cl)c(OCC(=O)O)c(Cl)c3)c(=O)n2[C@@H]1c1cccc(OC)c1. The van der Waals surface area contributed by atoms with Crippen molar-refractivity contribution in [2.24, 2.45) is 4.99 Å². The number of nitrogens with zero attached hydrogens (tertiary/aromatic N) is 2. The van der Waals surface area contributed by atoms with Crippen LogP contribution >= 0.6 is 34.5 Å².